The highest BCUT2D eigenvalue weighted by atomic mass is 19.4. The van der Waals surface area contributed by atoms with E-state index in [0.29, 0.717) is 11.8 Å². The van der Waals surface area contributed by atoms with E-state index in [2.05, 4.69) is 4.98 Å². The fourth-order valence-electron chi connectivity index (χ4n) is 3.49. The van der Waals surface area contributed by atoms with Crippen LogP contribution in [0, 0.1) is 5.41 Å². The van der Waals surface area contributed by atoms with Gasteiger partial charge in [-0.15, -0.1) is 0 Å². The predicted molar refractivity (Wildman–Crippen MR) is 112 cm³/mol. The van der Waals surface area contributed by atoms with Gasteiger partial charge in [0.25, 0.3) is 5.56 Å². The van der Waals surface area contributed by atoms with Crippen LogP contribution in [0.1, 0.15) is 30.7 Å². The molecule has 0 saturated heterocycles. The molecule has 0 unspecified atom stereocenters. The van der Waals surface area contributed by atoms with E-state index in [-0.39, 0.29) is 45.8 Å². The summed E-state index contributed by atoms with van der Waals surface area (Å²) in [4.78, 5) is 16.8. The molecule has 0 spiro atoms. The fourth-order valence-corrected chi connectivity index (χ4v) is 3.49. The summed E-state index contributed by atoms with van der Waals surface area (Å²) >= 11 is 0. The minimum Gasteiger partial charge on any atom is -0.512 e. The lowest BCUT2D eigenvalue weighted by Gasteiger charge is -2.19. The Balaban J connectivity index is 2.44. The molecule has 2 N–H and O–H groups in total. The number of aliphatic hydroxyl groups is 1. The standard InChI is InChI=1S/C22H20F3N3O3/c1-12(26)21(13(2)29)16-8-15-17(22(23,24)25)9-20(30)28(18(15)10-19(16)31-3)11-14-6-4-5-7-27-14/h4-10,26,29H,11H2,1-3H3/b21-13+,26-12?. The van der Waals surface area contributed by atoms with Crippen LogP contribution in [0.15, 0.2) is 53.1 Å². The van der Waals surface area contributed by atoms with E-state index in [9.17, 15) is 23.1 Å². The second kappa shape index (κ2) is 8.25. The number of allylic oxidation sites excluding steroid dienone is 2. The first-order valence-corrected chi connectivity index (χ1v) is 9.23. The van der Waals surface area contributed by atoms with Crippen molar-refractivity contribution in [2.45, 2.75) is 26.6 Å². The number of aromatic nitrogens is 2. The number of fused-ring (bicyclic) bond motifs is 1. The molecule has 3 aromatic rings. The van der Waals surface area contributed by atoms with Gasteiger partial charge in [0.15, 0.2) is 0 Å². The molecule has 31 heavy (non-hydrogen) atoms. The Bertz CT molecular complexity index is 1240. The Morgan fingerprint density at radius 3 is 2.45 bits per heavy atom. The number of alkyl halides is 3. The SMILES string of the molecule is COc1cc2c(cc1/C(C(C)=N)=C(\C)O)c(C(F)(F)F)cc(=O)n2Cc1ccccn1. The van der Waals surface area contributed by atoms with Crippen LogP contribution in [-0.2, 0) is 12.7 Å². The first-order valence-electron chi connectivity index (χ1n) is 9.23. The fraction of sp³-hybridized carbons (Fsp3) is 0.227. The van der Waals surface area contributed by atoms with Gasteiger partial charge in [0.2, 0.25) is 0 Å². The number of aliphatic hydroxyl groups excluding tert-OH is 1. The van der Waals surface area contributed by atoms with Gasteiger partial charge in [0, 0.05) is 40.6 Å². The van der Waals surface area contributed by atoms with E-state index in [1.165, 1.54) is 43.9 Å². The molecule has 9 heteroatoms. The third kappa shape index (κ3) is 4.30. The number of pyridine rings is 2. The molecule has 0 saturated carbocycles. The molecule has 0 amide bonds. The van der Waals surface area contributed by atoms with E-state index in [1.54, 1.807) is 18.2 Å². The molecule has 0 bridgehead atoms. The number of halogens is 3. The van der Waals surface area contributed by atoms with E-state index >= 15 is 0 Å². The third-order valence-corrected chi connectivity index (χ3v) is 4.79. The number of benzene rings is 1. The van der Waals surface area contributed by atoms with Gasteiger partial charge in [0.1, 0.15) is 5.75 Å². The van der Waals surface area contributed by atoms with E-state index in [4.69, 9.17) is 10.1 Å². The number of hydrogen-bond donors (Lipinski definition) is 2. The number of rotatable bonds is 5. The highest BCUT2D eigenvalue weighted by Gasteiger charge is 2.34. The zero-order valence-electron chi connectivity index (χ0n) is 17.0. The van der Waals surface area contributed by atoms with Gasteiger partial charge in [-0.2, -0.15) is 13.2 Å². The van der Waals surface area contributed by atoms with Gasteiger partial charge in [0.05, 0.1) is 36.2 Å². The number of ether oxygens (including phenoxy) is 1. The second-order valence-electron chi connectivity index (χ2n) is 6.96. The second-order valence-corrected chi connectivity index (χ2v) is 6.96. The van der Waals surface area contributed by atoms with Crippen LogP contribution < -0.4 is 10.3 Å². The first-order chi connectivity index (χ1) is 14.5. The molecule has 2 heterocycles. The van der Waals surface area contributed by atoms with E-state index in [0.717, 1.165) is 0 Å². The largest absolute Gasteiger partial charge is 0.512 e. The van der Waals surface area contributed by atoms with Gasteiger partial charge in [-0.05, 0) is 32.0 Å². The summed E-state index contributed by atoms with van der Waals surface area (Å²) in [6, 6.07) is 8.13. The molecule has 6 nitrogen and oxygen atoms in total. The van der Waals surface area contributed by atoms with Crippen molar-refractivity contribution in [1.82, 2.24) is 9.55 Å². The van der Waals surface area contributed by atoms with Crippen LogP contribution in [0.2, 0.25) is 0 Å². The van der Waals surface area contributed by atoms with Gasteiger partial charge in [-0.3, -0.25) is 9.78 Å². The topological polar surface area (TPSA) is 88.2 Å². The summed E-state index contributed by atoms with van der Waals surface area (Å²) in [5, 5.41) is 17.7. The maximum atomic E-state index is 13.8. The lowest BCUT2D eigenvalue weighted by atomic mass is 9.96. The maximum absolute atomic E-state index is 13.8. The van der Waals surface area contributed by atoms with Crippen molar-refractivity contribution >= 4 is 22.2 Å². The van der Waals surface area contributed by atoms with Crippen molar-refractivity contribution in [3.05, 3.63) is 75.5 Å². The predicted octanol–water partition coefficient (Wildman–Crippen LogP) is 4.80. The zero-order valence-corrected chi connectivity index (χ0v) is 17.0. The Hall–Kier alpha value is -3.62. The number of methoxy groups -OCH3 is 1. The van der Waals surface area contributed by atoms with Gasteiger partial charge in [-0.1, -0.05) is 6.07 Å². The number of hydrogen-bond acceptors (Lipinski definition) is 5. The van der Waals surface area contributed by atoms with Crippen molar-refractivity contribution in [3.63, 3.8) is 0 Å². The number of nitrogens with one attached hydrogen (secondary N) is 1. The highest BCUT2D eigenvalue weighted by molar-refractivity contribution is 6.23. The Kier molecular flexibility index (Phi) is 5.88. The van der Waals surface area contributed by atoms with Crippen molar-refractivity contribution in [2.24, 2.45) is 0 Å². The highest BCUT2D eigenvalue weighted by Crippen LogP contribution is 2.39. The Labute approximate surface area is 175 Å². The van der Waals surface area contributed by atoms with Crippen molar-refractivity contribution < 1.29 is 23.0 Å². The van der Waals surface area contributed by atoms with Crippen LogP contribution in [0.3, 0.4) is 0 Å². The summed E-state index contributed by atoms with van der Waals surface area (Å²) in [5.41, 5.74) is -1.32. The average Bonchev–Trinajstić information content (AvgIpc) is 2.69. The third-order valence-electron chi connectivity index (χ3n) is 4.79. The Morgan fingerprint density at radius 2 is 1.94 bits per heavy atom. The smallest absolute Gasteiger partial charge is 0.417 e. The molecule has 2 aromatic heterocycles. The molecule has 3 rings (SSSR count). The lowest BCUT2D eigenvalue weighted by molar-refractivity contribution is -0.136. The molecule has 0 atom stereocenters. The maximum Gasteiger partial charge on any atom is 0.417 e. The van der Waals surface area contributed by atoms with Crippen LogP contribution in [0.25, 0.3) is 16.5 Å². The van der Waals surface area contributed by atoms with E-state index in [1.807, 2.05) is 0 Å². The van der Waals surface area contributed by atoms with Crippen LogP contribution in [-0.4, -0.2) is 27.5 Å². The van der Waals surface area contributed by atoms with Crippen LogP contribution in [0.5, 0.6) is 5.75 Å². The molecule has 0 fully saturated rings. The minimum atomic E-state index is -4.79. The zero-order chi connectivity index (χ0) is 22.9. The van der Waals surface area contributed by atoms with Crippen LogP contribution in [0.4, 0.5) is 13.2 Å². The molecule has 0 radical (unpaired) electrons. The quantitative estimate of drug-likeness (QED) is 0.449. The number of nitrogens with zero attached hydrogens (tertiary/aromatic N) is 2. The molecule has 0 aliphatic carbocycles. The van der Waals surface area contributed by atoms with Crippen LogP contribution >= 0.6 is 0 Å². The van der Waals surface area contributed by atoms with Crippen molar-refractivity contribution in [1.29, 1.82) is 5.41 Å². The summed E-state index contributed by atoms with van der Waals surface area (Å²) < 4.78 is 47.9. The average molecular weight is 431 g/mol. The summed E-state index contributed by atoms with van der Waals surface area (Å²) in [5.74, 6) is -0.114. The normalized spacial score (nSPS) is 12.6. The molecule has 162 valence electrons. The van der Waals surface area contributed by atoms with E-state index < -0.39 is 17.3 Å². The molecule has 0 aliphatic heterocycles. The summed E-state index contributed by atoms with van der Waals surface area (Å²) in [6.07, 6.45) is -3.26. The molecular formula is C22H20F3N3O3. The molecule has 0 aliphatic rings. The Morgan fingerprint density at radius 1 is 1.23 bits per heavy atom. The summed E-state index contributed by atoms with van der Waals surface area (Å²) in [7, 11) is 1.32. The van der Waals surface area contributed by atoms with Gasteiger partial charge in [-0.25, -0.2) is 0 Å². The monoisotopic (exact) mass is 431 g/mol. The van der Waals surface area contributed by atoms with Gasteiger partial charge >= 0.3 is 6.18 Å². The minimum absolute atomic E-state index is 0.00338. The molecule has 1 aromatic carbocycles. The molecular weight excluding hydrogens is 411 g/mol. The lowest BCUT2D eigenvalue weighted by Crippen LogP contribution is -2.24. The first kappa shape index (κ1) is 22.1. The van der Waals surface area contributed by atoms with Gasteiger partial charge < -0.3 is 19.8 Å². The van der Waals surface area contributed by atoms with Crippen molar-refractivity contribution in [2.75, 3.05) is 7.11 Å². The van der Waals surface area contributed by atoms with Crippen molar-refractivity contribution in [3.8, 4) is 5.75 Å². The summed E-state index contributed by atoms with van der Waals surface area (Å²) in [6.45, 7) is 2.71.